The van der Waals surface area contributed by atoms with Crippen LogP contribution in [-0.4, -0.2) is 106 Å². The number of carbonyl (C=O) groups excluding carboxylic acids is 3. The second-order valence-corrected chi connectivity index (χ2v) is 11.7. The summed E-state index contributed by atoms with van der Waals surface area (Å²) >= 11 is 0. The summed E-state index contributed by atoms with van der Waals surface area (Å²) in [5.41, 5.74) is -1.08. The van der Waals surface area contributed by atoms with Gasteiger partial charge in [0.2, 0.25) is 6.29 Å². The minimum Gasteiger partial charge on any atom is -0.504 e. The predicted octanol–water partition coefficient (Wildman–Crippen LogP) is 0.801. The first-order chi connectivity index (χ1) is 25.6. The van der Waals surface area contributed by atoms with Crippen LogP contribution in [0.2, 0.25) is 0 Å². The Morgan fingerprint density at radius 1 is 0.648 bits per heavy atom. The number of hydrogen-bond donors (Lipinski definition) is 11. The maximum absolute atomic E-state index is 13.5. The van der Waals surface area contributed by atoms with Crippen molar-refractivity contribution in [3.05, 3.63) is 96.0 Å². The van der Waals surface area contributed by atoms with Crippen LogP contribution in [-0.2, 0) is 23.7 Å². The molecule has 1 heterocycles. The van der Waals surface area contributed by atoms with Crippen LogP contribution in [0.25, 0.3) is 0 Å². The van der Waals surface area contributed by atoms with E-state index in [0.717, 1.165) is 24.3 Å². The number of hydrogen-bond acceptors (Lipinski definition) is 18. The van der Waals surface area contributed by atoms with Gasteiger partial charge in [0.25, 0.3) is 0 Å². The van der Waals surface area contributed by atoms with Crippen molar-refractivity contribution in [2.24, 2.45) is 0 Å². The first-order valence-corrected chi connectivity index (χ1v) is 15.6. The van der Waals surface area contributed by atoms with E-state index in [-0.39, 0.29) is 0 Å². The topological polar surface area (TPSA) is 316 Å². The van der Waals surface area contributed by atoms with Crippen LogP contribution in [0.15, 0.2) is 66.7 Å². The Morgan fingerprint density at radius 2 is 1.06 bits per heavy atom. The molecule has 54 heavy (non-hydrogen) atoms. The Morgan fingerprint density at radius 3 is 1.48 bits per heavy atom. The quantitative estimate of drug-likeness (QED) is 0.0331. The van der Waals surface area contributed by atoms with E-state index in [1.165, 1.54) is 5.32 Å². The highest BCUT2D eigenvalue weighted by molar-refractivity contribution is 5.92. The third kappa shape index (κ3) is 8.18. The number of benzene rings is 4. The molecule has 0 spiro atoms. The summed E-state index contributed by atoms with van der Waals surface area (Å²) in [7, 11) is 3.74. The molecule has 0 bridgehead atoms. The van der Waals surface area contributed by atoms with Gasteiger partial charge in [0.15, 0.2) is 70.2 Å². The van der Waals surface area contributed by atoms with E-state index in [1.807, 2.05) is 0 Å². The zero-order chi connectivity index (χ0) is 39.4. The van der Waals surface area contributed by atoms with Crippen molar-refractivity contribution in [1.29, 1.82) is 0 Å². The van der Waals surface area contributed by atoms with E-state index in [0.29, 0.717) is 17.7 Å². The monoisotopic (exact) mass is 755 g/mol. The van der Waals surface area contributed by atoms with Crippen molar-refractivity contribution in [3.63, 3.8) is 0 Å². The summed E-state index contributed by atoms with van der Waals surface area (Å²) in [5, 5.41) is 102. The number of phenolic OH excluding ortho intramolecular Hbond substituents is 9. The largest absolute Gasteiger partial charge is 0.504 e. The number of aliphatic hydroxyl groups excluding tert-OH is 1. The van der Waals surface area contributed by atoms with Crippen LogP contribution >= 0.6 is 0 Å². The standard InChI is InChI=1S/C35H33NO18/c1-36-31(14-5-3-2-4-6-14)54-35-30(53-34(49)17-11-22(41)27(45)23(42)12-17)29(52-33(48)16-9-20(39)26(44)21(40)10-16)28(46)24(51-35)13-50-32(47)15-7-18(37)25(43)19(38)8-15/h2-12,24,28-31,35,37-46H,1,13,36H2/t24-,28-,29+,30-,31-,35+/m1/s1. The average molecular weight is 756 g/mol. The van der Waals surface area contributed by atoms with Crippen LogP contribution in [0.5, 0.6) is 51.7 Å². The lowest BCUT2D eigenvalue weighted by molar-refractivity contribution is -0.694. The van der Waals surface area contributed by atoms with Gasteiger partial charge in [-0.25, -0.2) is 14.4 Å². The normalized spacial score (nSPS) is 20.1. The molecule has 1 aliphatic heterocycles. The molecule has 5 rings (SSSR count). The van der Waals surface area contributed by atoms with Crippen molar-refractivity contribution in [3.8, 4) is 51.7 Å². The zero-order valence-electron chi connectivity index (χ0n) is 27.5. The Bertz CT molecular complexity index is 1970. The molecular formula is C35H33NO18. The highest BCUT2D eigenvalue weighted by Gasteiger charge is 2.52. The van der Waals surface area contributed by atoms with Gasteiger partial charge in [-0.15, -0.1) is 7.05 Å². The molecule has 0 aliphatic carbocycles. The molecule has 6 atom stereocenters. The third-order valence-electron chi connectivity index (χ3n) is 8.02. The molecule has 4 aromatic rings. The maximum atomic E-state index is 13.5. The van der Waals surface area contributed by atoms with E-state index in [2.05, 4.69) is 7.05 Å². The molecule has 0 saturated carbocycles. The van der Waals surface area contributed by atoms with Gasteiger partial charge in [-0.05, 0) is 36.4 Å². The van der Waals surface area contributed by atoms with E-state index >= 15 is 0 Å². The summed E-state index contributed by atoms with van der Waals surface area (Å²) in [6, 6.07) is 12.7. The second-order valence-electron chi connectivity index (χ2n) is 11.7. The molecule has 1 saturated heterocycles. The fraction of sp³-hybridized carbons (Fsp3) is 0.200. The molecule has 12 N–H and O–H groups in total. The van der Waals surface area contributed by atoms with Gasteiger partial charge < -0.3 is 75.3 Å². The fourth-order valence-electron chi connectivity index (χ4n) is 5.25. The first kappa shape index (κ1) is 38.6. The Balaban J connectivity index is 1.54. The lowest BCUT2D eigenvalue weighted by Gasteiger charge is -2.43. The minimum absolute atomic E-state index is 0.446. The second kappa shape index (κ2) is 15.9. The molecular weight excluding hydrogens is 722 g/mol. The molecule has 4 aromatic carbocycles. The number of quaternary nitrogens is 1. The van der Waals surface area contributed by atoms with Gasteiger partial charge in [-0.2, -0.15) is 0 Å². The molecule has 0 radical (unpaired) electrons. The molecule has 19 heteroatoms. The van der Waals surface area contributed by atoms with Crippen LogP contribution in [0.3, 0.4) is 0 Å². The van der Waals surface area contributed by atoms with Gasteiger partial charge in [0.1, 0.15) is 18.8 Å². The predicted molar refractivity (Wildman–Crippen MR) is 175 cm³/mol. The average Bonchev–Trinajstić information content (AvgIpc) is 3.14. The highest BCUT2D eigenvalue weighted by Crippen LogP contribution is 2.39. The number of rotatable bonds is 11. The first-order valence-electron chi connectivity index (χ1n) is 15.6. The van der Waals surface area contributed by atoms with E-state index in [4.69, 9.17) is 23.7 Å². The molecule has 0 unspecified atom stereocenters. The van der Waals surface area contributed by atoms with Gasteiger partial charge >= 0.3 is 17.9 Å². The van der Waals surface area contributed by atoms with Gasteiger partial charge in [-0.3, -0.25) is 4.74 Å². The molecule has 286 valence electrons. The summed E-state index contributed by atoms with van der Waals surface area (Å²) in [5.74, 6) is -12.2. The number of phenols is 9. The zero-order valence-corrected chi connectivity index (χ0v) is 27.5. The van der Waals surface area contributed by atoms with E-state index in [1.54, 1.807) is 30.3 Å². The van der Waals surface area contributed by atoms with Gasteiger partial charge in [0.05, 0.1) is 16.7 Å². The third-order valence-corrected chi connectivity index (χ3v) is 8.02. The summed E-state index contributed by atoms with van der Waals surface area (Å²) < 4.78 is 28.4. The van der Waals surface area contributed by atoms with Crippen LogP contribution < -0.4 is 5.32 Å². The van der Waals surface area contributed by atoms with Crippen LogP contribution in [0, 0.1) is 7.05 Å². The Kier molecular flexibility index (Phi) is 11.4. The van der Waals surface area contributed by atoms with E-state index in [9.17, 15) is 65.4 Å². The van der Waals surface area contributed by atoms with Crippen LogP contribution in [0.4, 0.5) is 0 Å². The van der Waals surface area contributed by atoms with Crippen molar-refractivity contribution < 1.29 is 94.4 Å². The number of aromatic hydroxyl groups is 9. The SMILES string of the molecule is [CH2-][NH2+][C@H](O[C@@H]1O[C@H](COC(=O)c2cc(O)c(O)c(O)c2)[C@@H](O)[C@H](OC(=O)c2cc(O)c(O)c(O)c2)[C@H]1OC(=O)c1cc(O)c(O)c(O)c1)c1ccccc1. The number of carbonyl (C=O) groups is 3. The summed E-state index contributed by atoms with van der Waals surface area (Å²) in [6.45, 7) is -0.860. The van der Waals surface area contributed by atoms with E-state index < -0.39 is 130 Å². The molecule has 1 aliphatic rings. The maximum Gasteiger partial charge on any atom is 0.339 e. The number of nitrogens with two attached hydrogens (primary N) is 1. The Hall–Kier alpha value is -6.67. The Labute approximate surface area is 303 Å². The number of aliphatic hydroxyl groups is 1. The fourth-order valence-corrected chi connectivity index (χ4v) is 5.25. The van der Waals surface area contributed by atoms with Crippen molar-refractivity contribution in [2.75, 3.05) is 6.61 Å². The van der Waals surface area contributed by atoms with Crippen molar-refractivity contribution >= 4 is 17.9 Å². The lowest BCUT2D eigenvalue weighted by atomic mass is 9.98. The molecule has 1 fully saturated rings. The van der Waals surface area contributed by atoms with Gasteiger partial charge in [0, 0.05) is 5.56 Å². The number of esters is 3. The summed E-state index contributed by atoms with van der Waals surface area (Å²) in [6.07, 6.45) is -10.6. The van der Waals surface area contributed by atoms with Gasteiger partial charge in [-0.1, -0.05) is 30.3 Å². The lowest BCUT2D eigenvalue weighted by Crippen LogP contribution is -2.80. The minimum atomic E-state index is -2.07. The molecule has 19 nitrogen and oxygen atoms in total. The van der Waals surface area contributed by atoms with Crippen molar-refractivity contribution in [2.45, 2.75) is 36.9 Å². The molecule has 0 aromatic heterocycles. The van der Waals surface area contributed by atoms with Crippen molar-refractivity contribution in [1.82, 2.24) is 0 Å². The summed E-state index contributed by atoms with van der Waals surface area (Å²) in [4.78, 5) is 39.8. The highest BCUT2D eigenvalue weighted by atomic mass is 16.7. The smallest absolute Gasteiger partial charge is 0.339 e. The number of ether oxygens (including phenoxy) is 5. The molecule has 0 amide bonds. The van der Waals surface area contributed by atoms with Crippen LogP contribution in [0.1, 0.15) is 42.9 Å².